The number of hydrogen-bond donors (Lipinski definition) is 2. The van der Waals surface area contributed by atoms with Gasteiger partial charge in [0.1, 0.15) is 5.82 Å². The van der Waals surface area contributed by atoms with Crippen molar-refractivity contribution >= 4 is 22.5 Å². The highest BCUT2D eigenvalue weighted by Gasteiger charge is 2.53. The topological polar surface area (TPSA) is 91.2 Å². The zero-order valence-electron chi connectivity index (χ0n) is 26.4. The first kappa shape index (κ1) is 33.1. The molecule has 11 heteroatoms. The lowest BCUT2D eigenvalue weighted by Gasteiger charge is -2.28. The van der Waals surface area contributed by atoms with Gasteiger partial charge in [-0.2, -0.15) is 0 Å². The summed E-state index contributed by atoms with van der Waals surface area (Å²) in [5.41, 5.74) is 0.482. The SMILES string of the molecule is CCCCOCC(O)Cn1c(C(C)(C)COCCCC)cc2cc(NC(=O)C3(c4ccc5c(c4)OC(F)(F)O5)CC3)c(F)cc21. The van der Waals surface area contributed by atoms with Crippen molar-refractivity contribution in [3.05, 3.63) is 53.5 Å². The Labute approximate surface area is 261 Å². The van der Waals surface area contributed by atoms with Crippen LogP contribution in [0.25, 0.3) is 10.9 Å². The second-order valence-electron chi connectivity index (χ2n) is 12.8. The summed E-state index contributed by atoms with van der Waals surface area (Å²) < 4.78 is 65.4. The Morgan fingerprint density at radius 2 is 1.73 bits per heavy atom. The Kier molecular flexibility index (Phi) is 9.72. The molecule has 0 bridgehead atoms. The second-order valence-corrected chi connectivity index (χ2v) is 12.8. The molecule has 1 fully saturated rings. The zero-order valence-corrected chi connectivity index (χ0v) is 26.4. The van der Waals surface area contributed by atoms with Gasteiger partial charge in [-0.05, 0) is 55.5 Å². The Morgan fingerprint density at radius 1 is 1.04 bits per heavy atom. The van der Waals surface area contributed by atoms with Gasteiger partial charge >= 0.3 is 6.29 Å². The fraction of sp³-hybridized carbons (Fsp3) is 0.559. The molecule has 246 valence electrons. The van der Waals surface area contributed by atoms with Gasteiger partial charge in [0.15, 0.2) is 11.5 Å². The summed E-state index contributed by atoms with van der Waals surface area (Å²) in [6.07, 6.45) is 0.232. The smallest absolute Gasteiger partial charge is 0.395 e. The lowest BCUT2D eigenvalue weighted by molar-refractivity contribution is -0.286. The molecular formula is C34H43F3N2O6. The Bertz CT molecular complexity index is 1520. The number of carbonyl (C=O) groups is 1. The fourth-order valence-electron chi connectivity index (χ4n) is 5.77. The monoisotopic (exact) mass is 632 g/mol. The summed E-state index contributed by atoms with van der Waals surface area (Å²) in [6.45, 7) is 10.2. The number of ether oxygens (including phenoxy) is 4. The molecule has 2 N–H and O–H groups in total. The van der Waals surface area contributed by atoms with E-state index in [0.717, 1.165) is 31.4 Å². The summed E-state index contributed by atoms with van der Waals surface area (Å²) in [4.78, 5) is 13.5. The maximum absolute atomic E-state index is 15.7. The van der Waals surface area contributed by atoms with Crippen LogP contribution in [0.2, 0.25) is 0 Å². The van der Waals surface area contributed by atoms with Crippen LogP contribution >= 0.6 is 0 Å². The number of amides is 1. The Balaban J connectivity index is 1.41. The average molecular weight is 633 g/mol. The van der Waals surface area contributed by atoms with Crippen molar-refractivity contribution in [2.75, 3.05) is 31.7 Å². The van der Waals surface area contributed by atoms with Crippen molar-refractivity contribution in [3.63, 3.8) is 0 Å². The van der Waals surface area contributed by atoms with Gasteiger partial charge in [0.05, 0.1) is 42.5 Å². The van der Waals surface area contributed by atoms with E-state index in [0.29, 0.717) is 49.1 Å². The number of unbranched alkanes of at least 4 members (excludes halogenated alkanes) is 2. The molecule has 1 saturated carbocycles. The molecule has 5 rings (SSSR count). The largest absolute Gasteiger partial charge is 0.586 e. The summed E-state index contributed by atoms with van der Waals surface area (Å²) in [5.74, 6) is -1.31. The minimum Gasteiger partial charge on any atom is -0.395 e. The number of nitrogens with zero attached hydrogens (tertiary/aromatic N) is 1. The summed E-state index contributed by atoms with van der Waals surface area (Å²) in [7, 11) is 0. The zero-order chi connectivity index (χ0) is 32.4. The third kappa shape index (κ3) is 7.26. The van der Waals surface area contributed by atoms with Crippen molar-refractivity contribution in [1.29, 1.82) is 0 Å². The highest BCUT2D eigenvalue weighted by Crippen LogP contribution is 2.52. The summed E-state index contributed by atoms with van der Waals surface area (Å²) >= 11 is 0. The summed E-state index contributed by atoms with van der Waals surface area (Å²) in [5, 5.41) is 14.3. The van der Waals surface area contributed by atoms with E-state index in [2.05, 4.69) is 28.6 Å². The Hall–Kier alpha value is -3.28. The number of carbonyl (C=O) groups excluding carboxylic acids is 1. The minimum absolute atomic E-state index is 0.00945. The molecule has 1 atom stereocenters. The van der Waals surface area contributed by atoms with Crippen LogP contribution in [0, 0.1) is 5.82 Å². The van der Waals surface area contributed by atoms with E-state index < -0.39 is 35.0 Å². The predicted molar refractivity (Wildman–Crippen MR) is 165 cm³/mol. The van der Waals surface area contributed by atoms with Crippen LogP contribution in [0.4, 0.5) is 18.9 Å². The van der Waals surface area contributed by atoms with Gasteiger partial charge in [0, 0.05) is 35.8 Å². The number of nitrogens with one attached hydrogen (secondary N) is 1. The normalized spacial score (nSPS) is 17.1. The molecule has 3 aromatic rings. The molecule has 2 aromatic carbocycles. The van der Waals surface area contributed by atoms with E-state index in [-0.39, 0.29) is 30.3 Å². The predicted octanol–water partition coefficient (Wildman–Crippen LogP) is 7.04. The molecule has 0 radical (unpaired) electrons. The van der Waals surface area contributed by atoms with Crippen molar-refractivity contribution in [3.8, 4) is 11.5 Å². The first-order valence-corrected chi connectivity index (χ1v) is 15.8. The van der Waals surface area contributed by atoms with Crippen molar-refractivity contribution < 1.29 is 42.0 Å². The maximum Gasteiger partial charge on any atom is 0.586 e. The van der Waals surface area contributed by atoms with E-state index in [9.17, 15) is 18.7 Å². The molecule has 1 amide bonds. The molecule has 2 heterocycles. The summed E-state index contributed by atoms with van der Waals surface area (Å²) in [6, 6.07) is 9.21. The quantitative estimate of drug-likeness (QED) is 0.165. The number of fused-ring (bicyclic) bond motifs is 2. The molecule has 1 aliphatic heterocycles. The molecule has 1 aromatic heterocycles. The highest BCUT2D eigenvalue weighted by atomic mass is 19.3. The molecule has 0 spiro atoms. The molecule has 2 aliphatic rings. The molecular weight excluding hydrogens is 589 g/mol. The first-order chi connectivity index (χ1) is 21.4. The molecule has 1 unspecified atom stereocenters. The number of aliphatic hydroxyl groups excluding tert-OH is 1. The maximum atomic E-state index is 15.7. The number of alkyl halides is 2. The molecule has 0 saturated heterocycles. The van der Waals surface area contributed by atoms with Gasteiger partial charge in [0.25, 0.3) is 0 Å². The van der Waals surface area contributed by atoms with Crippen LogP contribution in [-0.2, 0) is 31.6 Å². The van der Waals surface area contributed by atoms with E-state index in [1.807, 2.05) is 24.5 Å². The average Bonchev–Trinajstić information content (AvgIpc) is 3.64. The minimum atomic E-state index is -3.76. The van der Waals surface area contributed by atoms with E-state index >= 15 is 4.39 Å². The number of aromatic nitrogens is 1. The molecule has 45 heavy (non-hydrogen) atoms. The number of hydrogen-bond acceptors (Lipinski definition) is 6. The number of benzene rings is 2. The number of anilines is 1. The van der Waals surface area contributed by atoms with Crippen molar-refractivity contribution in [2.24, 2.45) is 0 Å². The third-order valence-corrected chi connectivity index (χ3v) is 8.52. The molecule has 1 aliphatic carbocycles. The number of rotatable bonds is 16. The van der Waals surface area contributed by atoms with E-state index in [1.165, 1.54) is 18.2 Å². The van der Waals surface area contributed by atoms with E-state index in [1.54, 1.807) is 12.1 Å². The standard InChI is InChI=1S/C34H43F3N2O6/c1-5-7-13-42-20-24(40)19-39-27-18-25(35)26(15-22(27)16-30(39)32(3,4)21-43-14-8-6-2)38-31(41)33(11-12-33)23-9-10-28-29(17-23)45-34(36,37)44-28/h9-10,15-18,24,40H,5-8,11-14,19-21H2,1-4H3,(H,38,41). The van der Waals surface area contributed by atoms with Gasteiger partial charge in [0.2, 0.25) is 5.91 Å². The van der Waals surface area contributed by atoms with Crippen LogP contribution in [-0.4, -0.2) is 54.4 Å². The van der Waals surface area contributed by atoms with Crippen LogP contribution < -0.4 is 14.8 Å². The lowest BCUT2D eigenvalue weighted by atomic mass is 9.90. The fourth-order valence-corrected chi connectivity index (χ4v) is 5.77. The lowest BCUT2D eigenvalue weighted by Crippen LogP contribution is -2.31. The van der Waals surface area contributed by atoms with Gasteiger partial charge < -0.3 is 33.9 Å². The second kappa shape index (κ2) is 13.2. The van der Waals surface area contributed by atoms with Crippen LogP contribution in [0.5, 0.6) is 11.5 Å². The van der Waals surface area contributed by atoms with E-state index in [4.69, 9.17) is 9.47 Å². The van der Waals surface area contributed by atoms with Gasteiger partial charge in [-0.3, -0.25) is 4.79 Å². The van der Waals surface area contributed by atoms with Crippen molar-refractivity contribution in [2.45, 2.75) is 96.0 Å². The van der Waals surface area contributed by atoms with Gasteiger partial charge in [-0.15, -0.1) is 8.78 Å². The Morgan fingerprint density at radius 3 is 2.42 bits per heavy atom. The number of halogens is 3. The van der Waals surface area contributed by atoms with Crippen LogP contribution in [0.1, 0.15) is 77.5 Å². The van der Waals surface area contributed by atoms with Crippen molar-refractivity contribution in [1.82, 2.24) is 4.57 Å². The number of aliphatic hydroxyl groups is 1. The van der Waals surface area contributed by atoms with Crippen LogP contribution in [0.15, 0.2) is 36.4 Å². The highest BCUT2D eigenvalue weighted by molar-refractivity contribution is 6.03. The van der Waals surface area contributed by atoms with Gasteiger partial charge in [-0.1, -0.05) is 46.6 Å². The van der Waals surface area contributed by atoms with Gasteiger partial charge in [-0.25, -0.2) is 4.39 Å². The third-order valence-electron chi connectivity index (χ3n) is 8.52. The first-order valence-electron chi connectivity index (χ1n) is 15.8. The molecule has 8 nitrogen and oxygen atoms in total. The van der Waals surface area contributed by atoms with Crippen LogP contribution in [0.3, 0.4) is 0 Å².